The van der Waals surface area contributed by atoms with Gasteiger partial charge in [0.25, 0.3) is 5.91 Å². The van der Waals surface area contributed by atoms with E-state index in [-0.39, 0.29) is 19.1 Å². The van der Waals surface area contributed by atoms with Gasteiger partial charge in [-0.2, -0.15) is 5.26 Å². The van der Waals surface area contributed by atoms with Crippen LogP contribution in [0.25, 0.3) is 0 Å². The number of hydrogen-bond acceptors (Lipinski definition) is 4. The van der Waals surface area contributed by atoms with Crippen LogP contribution in [-0.4, -0.2) is 25.6 Å². The van der Waals surface area contributed by atoms with Gasteiger partial charge in [-0.15, -0.1) is 0 Å². The van der Waals surface area contributed by atoms with Crippen molar-refractivity contribution in [2.45, 2.75) is 6.42 Å². The molecule has 0 spiro atoms. The predicted molar refractivity (Wildman–Crippen MR) is 63.3 cm³/mol. The first-order valence-corrected chi connectivity index (χ1v) is 5.31. The lowest BCUT2D eigenvalue weighted by Crippen LogP contribution is -2.29. The number of ether oxygens (including phenoxy) is 1. The minimum absolute atomic E-state index is 0.00456. The third kappa shape index (κ3) is 5.00. The van der Waals surface area contributed by atoms with Crippen molar-refractivity contribution in [3.63, 3.8) is 0 Å². The van der Waals surface area contributed by atoms with Crippen LogP contribution in [0, 0.1) is 11.3 Å². The molecule has 3 N–H and O–H groups in total. The number of rotatable bonds is 6. The fraction of sp³-hybridized carbons (Fsp3) is 0.333. The highest BCUT2D eigenvalue weighted by atomic mass is 16.5. The molecule has 0 heterocycles. The second-order valence-corrected chi connectivity index (χ2v) is 3.41. The summed E-state index contributed by atoms with van der Waals surface area (Å²) in [5.74, 6) is 0.318. The van der Waals surface area contributed by atoms with Crippen molar-refractivity contribution < 1.29 is 9.53 Å². The topological polar surface area (TPSA) is 88.1 Å². The number of amides is 1. The molecule has 0 aromatic heterocycles. The largest absolute Gasteiger partial charge is 0.484 e. The molecule has 0 saturated carbocycles. The summed E-state index contributed by atoms with van der Waals surface area (Å²) in [6, 6.07) is 9.26. The highest BCUT2D eigenvalue weighted by Gasteiger charge is 2.02. The smallest absolute Gasteiger partial charge is 0.258 e. The molecule has 0 atom stereocenters. The number of nitrogens with two attached hydrogens (primary N) is 1. The van der Waals surface area contributed by atoms with Gasteiger partial charge in [0, 0.05) is 0 Å². The van der Waals surface area contributed by atoms with E-state index in [1.165, 1.54) is 0 Å². The van der Waals surface area contributed by atoms with Gasteiger partial charge < -0.3 is 15.8 Å². The Bertz CT molecular complexity index is 412. The van der Waals surface area contributed by atoms with E-state index in [9.17, 15) is 4.79 Å². The normalized spacial score (nSPS) is 9.41. The highest BCUT2D eigenvalue weighted by Crippen LogP contribution is 2.13. The second kappa shape index (κ2) is 7.25. The van der Waals surface area contributed by atoms with Gasteiger partial charge in [-0.05, 0) is 30.7 Å². The maximum Gasteiger partial charge on any atom is 0.258 e. The van der Waals surface area contributed by atoms with Crippen LogP contribution in [0.3, 0.4) is 0 Å². The van der Waals surface area contributed by atoms with Crippen LogP contribution in [0.15, 0.2) is 24.3 Å². The molecular formula is C12H15N3O2. The Labute approximate surface area is 100 Å². The van der Waals surface area contributed by atoms with E-state index in [4.69, 9.17) is 15.7 Å². The molecule has 0 aliphatic carbocycles. The Kier molecular flexibility index (Phi) is 5.55. The van der Waals surface area contributed by atoms with Crippen LogP contribution in [0.2, 0.25) is 0 Å². The minimum atomic E-state index is -0.309. The Morgan fingerprint density at radius 2 is 2.35 bits per heavy atom. The second-order valence-electron chi connectivity index (χ2n) is 3.41. The average Bonchev–Trinajstić information content (AvgIpc) is 2.35. The van der Waals surface area contributed by atoms with Gasteiger partial charge in [-0.25, -0.2) is 0 Å². The summed E-state index contributed by atoms with van der Waals surface area (Å²) in [5, 5.41) is 10.7. The van der Waals surface area contributed by atoms with Gasteiger partial charge >= 0.3 is 0 Å². The lowest BCUT2D eigenvalue weighted by atomic mass is 10.1. The van der Waals surface area contributed by atoms with Crippen LogP contribution in [0.4, 0.5) is 0 Å². The number of carbonyl (C=O) groups is 1. The van der Waals surface area contributed by atoms with Crippen molar-refractivity contribution in [3.8, 4) is 11.8 Å². The fourth-order valence-corrected chi connectivity index (χ4v) is 1.30. The molecule has 1 aromatic rings. The van der Waals surface area contributed by atoms with Crippen molar-refractivity contribution in [1.29, 1.82) is 5.26 Å². The zero-order valence-corrected chi connectivity index (χ0v) is 9.48. The molecule has 1 aromatic carbocycles. The van der Waals surface area contributed by atoms with E-state index in [0.717, 1.165) is 12.0 Å². The molecule has 0 unspecified atom stereocenters. The lowest BCUT2D eigenvalue weighted by Gasteiger charge is -2.07. The van der Waals surface area contributed by atoms with E-state index >= 15 is 0 Å². The summed E-state index contributed by atoms with van der Waals surface area (Å²) < 4.78 is 5.29. The third-order valence-corrected chi connectivity index (χ3v) is 2.07. The number of carbonyl (C=O) groups excluding carboxylic acids is 1. The Balaban J connectivity index is 2.43. The average molecular weight is 233 g/mol. The first-order chi connectivity index (χ1) is 8.26. The van der Waals surface area contributed by atoms with Crippen LogP contribution in [-0.2, 0) is 11.2 Å². The van der Waals surface area contributed by atoms with E-state index < -0.39 is 0 Å². The molecule has 0 bridgehead atoms. The molecule has 0 aliphatic heterocycles. The standard InChI is InChI=1S/C12H15N3O2/c13-5-4-10-2-1-3-11(8-10)17-9-12(16)15-7-6-14/h1-3,8H,4-5,7,9,13H2,(H,15,16). The number of nitrogens with zero attached hydrogens (tertiary/aromatic N) is 1. The number of benzene rings is 1. The maximum atomic E-state index is 11.2. The number of nitriles is 1. The zero-order valence-electron chi connectivity index (χ0n) is 9.48. The quantitative estimate of drug-likeness (QED) is 0.687. The molecule has 17 heavy (non-hydrogen) atoms. The lowest BCUT2D eigenvalue weighted by molar-refractivity contribution is -0.122. The monoisotopic (exact) mass is 233 g/mol. The Hall–Kier alpha value is -2.06. The summed E-state index contributed by atoms with van der Waals surface area (Å²) >= 11 is 0. The molecule has 0 aliphatic rings. The van der Waals surface area contributed by atoms with Gasteiger partial charge in [-0.1, -0.05) is 12.1 Å². The van der Waals surface area contributed by atoms with Gasteiger partial charge in [0.15, 0.2) is 6.61 Å². The molecule has 5 heteroatoms. The summed E-state index contributed by atoms with van der Waals surface area (Å²) in [6.07, 6.45) is 0.776. The van der Waals surface area contributed by atoms with Crippen molar-refractivity contribution >= 4 is 5.91 Å². The van der Waals surface area contributed by atoms with Crippen molar-refractivity contribution in [1.82, 2.24) is 5.32 Å². The van der Waals surface area contributed by atoms with Gasteiger partial charge in [-0.3, -0.25) is 4.79 Å². The first-order valence-electron chi connectivity index (χ1n) is 5.31. The molecule has 0 fully saturated rings. The number of hydrogen-bond donors (Lipinski definition) is 2. The number of nitrogens with one attached hydrogen (secondary N) is 1. The first kappa shape index (κ1) is 13.0. The third-order valence-electron chi connectivity index (χ3n) is 2.07. The van der Waals surface area contributed by atoms with Crippen LogP contribution >= 0.6 is 0 Å². The van der Waals surface area contributed by atoms with E-state index in [1.807, 2.05) is 24.3 Å². The molecule has 1 amide bonds. The van der Waals surface area contributed by atoms with Gasteiger partial charge in [0.05, 0.1) is 6.07 Å². The molecule has 90 valence electrons. The van der Waals surface area contributed by atoms with Crippen molar-refractivity contribution in [3.05, 3.63) is 29.8 Å². The predicted octanol–water partition coefficient (Wildman–Crippen LogP) is 0.206. The molecular weight excluding hydrogens is 218 g/mol. The molecule has 5 nitrogen and oxygen atoms in total. The Morgan fingerprint density at radius 1 is 1.53 bits per heavy atom. The highest BCUT2D eigenvalue weighted by molar-refractivity contribution is 5.77. The maximum absolute atomic E-state index is 11.2. The van der Waals surface area contributed by atoms with Crippen molar-refractivity contribution in [2.75, 3.05) is 19.7 Å². The van der Waals surface area contributed by atoms with Crippen LogP contribution in [0.1, 0.15) is 5.56 Å². The summed E-state index contributed by atoms with van der Waals surface area (Å²) in [7, 11) is 0. The molecule has 1 rings (SSSR count). The minimum Gasteiger partial charge on any atom is -0.484 e. The zero-order chi connectivity index (χ0) is 12.5. The van der Waals surface area contributed by atoms with Crippen LogP contribution in [0.5, 0.6) is 5.75 Å². The van der Waals surface area contributed by atoms with Gasteiger partial charge in [0.2, 0.25) is 0 Å². The molecule has 0 radical (unpaired) electrons. The SMILES string of the molecule is N#CCNC(=O)COc1cccc(CCN)c1. The van der Waals surface area contributed by atoms with Crippen LogP contribution < -0.4 is 15.8 Å². The Morgan fingerprint density at radius 3 is 3.06 bits per heavy atom. The fourth-order valence-electron chi connectivity index (χ4n) is 1.30. The molecule has 0 saturated heterocycles. The summed E-state index contributed by atoms with van der Waals surface area (Å²) in [4.78, 5) is 11.2. The van der Waals surface area contributed by atoms with E-state index in [0.29, 0.717) is 12.3 Å². The summed E-state index contributed by atoms with van der Waals surface area (Å²) in [6.45, 7) is 0.481. The van der Waals surface area contributed by atoms with Gasteiger partial charge in [0.1, 0.15) is 12.3 Å². The van der Waals surface area contributed by atoms with E-state index in [2.05, 4.69) is 5.32 Å². The summed E-state index contributed by atoms with van der Waals surface area (Å²) in [5.41, 5.74) is 6.52. The van der Waals surface area contributed by atoms with E-state index in [1.54, 1.807) is 6.07 Å². The van der Waals surface area contributed by atoms with Crippen molar-refractivity contribution in [2.24, 2.45) is 5.73 Å².